The van der Waals surface area contributed by atoms with E-state index in [1.807, 2.05) is 0 Å². The summed E-state index contributed by atoms with van der Waals surface area (Å²) in [6.07, 6.45) is 1.13. The van der Waals surface area contributed by atoms with E-state index in [2.05, 4.69) is 15.4 Å². The first kappa shape index (κ1) is 19.3. The van der Waals surface area contributed by atoms with Crippen molar-refractivity contribution >= 4 is 48.7 Å². The molecule has 9 nitrogen and oxygen atoms in total. The number of halogens is 2. The lowest BCUT2D eigenvalue weighted by atomic mass is 10.3. The number of hydrogen-bond acceptors (Lipinski definition) is 6. The molecule has 134 valence electrons. The van der Waals surface area contributed by atoms with E-state index < -0.39 is 18.5 Å². The maximum atomic E-state index is 12.7. The molecule has 25 heavy (non-hydrogen) atoms. The first-order chi connectivity index (χ1) is 11.8. The van der Waals surface area contributed by atoms with Crippen LogP contribution < -0.4 is 10.3 Å². The molecule has 0 aliphatic carbocycles. The molecule has 0 aliphatic heterocycles. The highest BCUT2D eigenvalue weighted by atomic mass is 35.5. The highest BCUT2D eigenvalue weighted by molar-refractivity contribution is 7.58. The molecular weight excluding hydrogens is 394 g/mol. The number of nitrogens with zero attached hydrogens (tertiary/aromatic N) is 2. The average molecular weight is 407 g/mol. The zero-order chi connectivity index (χ0) is 18.4. The van der Waals surface area contributed by atoms with Crippen LogP contribution in [0.1, 0.15) is 12.7 Å². The molecule has 0 bridgehead atoms. The molecule has 1 aromatic heterocycles. The van der Waals surface area contributed by atoms with Crippen molar-refractivity contribution in [2.24, 2.45) is 5.10 Å². The third kappa shape index (κ3) is 5.47. The molecule has 0 aliphatic rings. The first-order valence-electron chi connectivity index (χ1n) is 6.85. The van der Waals surface area contributed by atoms with E-state index in [1.54, 1.807) is 13.0 Å². The fourth-order valence-corrected chi connectivity index (χ4v) is 3.20. The second-order valence-corrected chi connectivity index (χ2v) is 7.10. The average Bonchev–Trinajstić information content (AvgIpc) is 3.00. The molecule has 12 heteroatoms. The molecule has 0 fully saturated rings. The molecule has 1 aromatic carbocycles. The van der Waals surface area contributed by atoms with Gasteiger partial charge in [-0.25, -0.2) is 9.76 Å². The predicted molar refractivity (Wildman–Crippen MR) is 95.4 cm³/mol. The Kier molecular flexibility index (Phi) is 6.44. The number of rotatable bonds is 8. The molecular formula is C13H13Cl2N4O5P. The van der Waals surface area contributed by atoms with Crippen LogP contribution in [-0.2, 0) is 9.09 Å². The van der Waals surface area contributed by atoms with Gasteiger partial charge in [0, 0.05) is 5.69 Å². The number of anilines is 1. The summed E-state index contributed by atoms with van der Waals surface area (Å²) in [6, 6.07) is 7.12. The number of nitro groups is 1. The minimum absolute atomic E-state index is 0.108. The van der Waals surface area contributed by atoms with E-state index in [-0.39, 0.29) is 17.4 Å². The van der Waals surface area contributed by atoms with Gasteiger partial charge in [-0.15, -0.1) is 0 Å². The van der Waals surface area contributed by atoms with E-state index in [1.165, 1.54) is 24.3 Å². The zero-order valence-corrected chi connectivity index (χ0v) is 15.2. The zero-order valence-electron chi connectivity index (χ0n) is 12.8. The Morgan fingerprint density at radius 1 is 1.36 bits per heavy atom. The maximum absolute atomic E-state index is 12.7. The Morgan fingerprint density at radius 2 is 2.12 bits per heavy atom. The van der Waals surface area contributed by atoms with Crippen LogP contribution in [0.25, 0.3) is 0 Å². The van der Waals surface area contributed by atoms with E-state index in [4.69, 9.17) is 32.1 Å². The lowest BCUT2D eigenvalue weighted by Crippen LogP contribution is -2.13. The van der Waals surface area contributed by atoms with Crippen molar-refractivity contribution in [2.45, 2.75) is 6.92 Å². The second-order valence-electron chi connectivity index (χ2n) is 4.50. The Hall–Kier alpha value is -2.06. The highest BCUT2D eigenvalue weighted by Crippen LogP contribution is 2.43. The Morgan fingerprint density at radius 3 is 2.72 bits per heavy atom. The SMILES string of the molecule is CCOP(=O)(N/N=C/c1ccc([N+](=O)[O-])o1)Nc1ccc(Cl)c(Cl)c1. The normalized spacial score (nSPS) is 13.6. The Balaban J connectivity index is 2.09. The van der Waals surface area contributed by atoms with Crippen molar-refractivity contribution in [3.05, 3.63) is 56.3 Å². The summed E-state index contributed by atoms with van der Waals surface area (Å²) in [7, 11) is -3.60. The standard InChI is InChI=1S/C13H13Cl2N4O5P/c1-2-23-25(22,17-9-3-5-11(14)12(15)7-9)18-16-8-10-4-6-13(24-10)19(20)21/h3-8H,2H2,1H3,(H2,17,18,22)/b16-8+. The van der Waals surface area contributed by atoms with Gasteiger partial charge < -0.3 is 4.42 Å². The maximum Gasteiger partial charge on any atom is 0.433 e. The topological polar surface area (TPSA) is 119 Å². The van der Waals surface area contributed by atoms with E-state index in [9.17, 15) is 14.7 Å². The smallest absolute Gasteiger partial charge is 0.400 e. The lowest BCUT2D eigenvalue weighted by molar-refractivity contribution is -0.402. The minimum Gasteiger partial charge on any atom is -0.400 e. The fourth-order valence-electron chi connectivity index (χ4n) is 1.68. The van der Waals surface area contributed by atoms with Gasteiger partial charge in [-0.3, -0.25) is 19.7 Å². The molecule has 0 saturated carbocycles. The molecule has 1 heterocycles. The number of hydrazone groups is 1. The summed E-state index contributed by atoms with van der Waals surface area (Å²) < 4.78 is 22.8. The molecule has 0 saturated heterocycles. The van der Waals surface area contributed by atoms with Gasteiger partial charge in [-0.1, -0.05) is 23.2 Å². The van der Waals surface area contributed by atoms with Gasteiger partial charge in [0.05, 0.1) is 28.9 Å². The van der Waals surface area contributed by atoms with Crippen molar-refractivity contribution in [1.82, 2.24) is 5.20 Å². The largest absolute Gasteiger partial charge is 0.433 e. The van der Waals surface area contributed by atoms with Crippen LogP contribution in [-0.4, -0.2) is 17.7 Å². The van der Waals surface area contributed by atoms with Gasteiger partial charge >= 0.3 is 13.6 Å². The fraction of sp³-hybridized carbons (Fsp3) is 0.154. The molecule has 0 amide bonds. The Labute approximate surface area is 152 Å². The van der Waals surface area contributed by atoms with Crippen molar-refractivity contribution in [2.75, 3.05) is 11.7 Å². The van der Waals surface area contributed by atoms with Gasteiger partial charge in [0.2, 0.25) is 0 Å². The van der Waals surface area contributed by atoms with Crippen LogP contribution in [0.2, 0.25) is 10.0 Å². The lowest BCUT2D eigenvalue weighted by Gasteiger charge is -2.18. The van der Waals surface area contributed by atoms with Crippen molar-refractivity contribution in [3.8, 4) is 0 Å². The van der Waals surface area contributed by atoms with Gasteiger partial charge in [-0.2, -0.15) is 5.10 Å². The molecule has 0 radical (unpaired) electrons. The van der Waals surface area contributed by atoms with Crippen LogP contribution in [0.3, 0.4) is 0 Å². The van der Waals surface area contributed by atoms with Gasteiger partial charge in [0.15, 0.2) is 5.76 Å². The molecule has 2 rings (SSSR count). The number of benzene rings is 1. The summed E-state index contributed by atoms with van der Waals surface area (Å²) in [6.45, 7) is 1.80. The van der Waals surface area contributed by atoms with Crippen LogP contribution in [0.5, 0.6) is 0 Å². The number of nitrogens with one attached hydrogen (secondary N) is 2. The van der Waals surface area contributed by atoms with Gasteiger partial charge in [0.1, 0.15) is 4.92 Å². The summed E-state index contributed by atoms with van der Waals surface area (Å²) in [5.41, 5.74) is 0.405. The summed E-state index contributed by atoms with van der Waals surface area (Å²) in [5.74, 6) is -0.319. The summed E-state index contributed by atoms with van der Waals surface area (Å²) in [4.78, 5) is 9.87. The quantitative estimate of drug-likeness (QED) is 0.282. The van der Waals surface area contributed by atoms with Crippen LogP contribution in [0, 0.1) is 10.1 Å². The monoisotopic (exact) mass is 406 g/mol. The highest BCUT2D eigenvalue weighted by Gasteiger charge is 2.22. The molecule has 1 unspecified atom stereocenters. The van der Waals surface area contributed by atoms with Crippen molar-refractivity contribution < 1.29 is 18.4 Å². The molecule has 2 aromatic rings. The first-order valence-corrected chi connectivity index (χ1v) is 9.23. The van der Waals surface area contributed by atoms with Gasteiger partial charge in [-0.05, 0) is 31.2 Å². The molecule has 0 spiro atoms. The van der Waals surface area contributed by atoms with Crippen LogP contribution in [0.4, 0.5) is 11.6 Å². The van der Waals surface area contributed by atoms with Crippen molar-refractivity contribution in [1.29, 1.82) is 0 Å². The molecule has 1 atom stereocenters. The second kappa shape index (κ2) is 8.35. The van der Waals surface area contributed by atoms with E-state index >= 15 is 0 Å². The van der Waals surface area contributed by atoms with Crippen molar-refractivity contribution in [3.63, 3.8) is 0 Å². The third-order valence-electron chi connectivity index (χ3n) is 2.68. The Bertz CT molecular complexity index is 842. The van der Waals surface area contributed by atoms with Crippen LogP contribution in [0.15, 0.2) is 39.9 Å². The predicted octanol–water partition coefficient (Wildman–Crippen LogP) is 4.67. The third-order valence-corrected chi connectivity index (χ3v) is 4.97. The van der Waals surface area contributed by atoms with E-state index in [0.717, 1.165) is 6.21 Å². The number of hydrogen-bond donors (Lipinski definition) is 2. The minimum atomic E-state index is -3.60. The van der Waals surface area contributed by atoms with E-state index in [0.29, 0.717) is 10.7 Å². The summed E-state index contributed by atoms with van der Waals surface area (Å²) >= 11 is 11.7. The summed E-state index contributed by atoms with van der Waals surface area (Å²) in [5, 5.41) is 19.9. The van der Waals surface area contributed by atoms with Crippen LogP contribution >= 0.6 is 30.9 Å². The van der Waals surface area contributed by atoms with Gasteiger partial charge in [0.25, 0.3) is 0 Å². The number of furan rings is 1. The molecule has 2 N–H and O–H groups in total.